The summed E-state index contributed by atoms with van der Waals surface area (Å²) in [5.41, 5.74) is 1.22. The highest BCUT2D eigenvalue weighted by Crippen LogP contribution is 2.24. The molecule has 4 heteroatoms. The van der Waals surface area contributed by atoms with Gasteiger partial charge in [0.05, 0.1) is 5.39 Å². The van der Waals surface area contributed by atoms with E-state index in [0.717, 1.165) is 18.4 Å². The van der Waals surface area contributed by atoms with Crippen molar-refractivity contribution in [1.29, 1.82) is 0 Å². The van der Waals surface area contributed by atoms with E-state index in [9.17, 15) is 8.78 Å². The number of rotatable bonds is 4. The van der Waals surface area contributed by atoms with E-state index in [1.54, 1.807) is 12.1 Å². The van der Waals surface area contributed by atoms with Gasteiger partial charge in [0.15, 0.2) is 0 Å². The number of furan rings is 1. The average molecular weight is 239 g/mol. The zero-order valence-electron chi connectivity index (χ0n) is 9.89. The average Bonchev–Trinajstić information content (AvgIpc) is 2.62. The first kappa shape index (κ1) is 12.0. The minimum absolute atomic E-state index is 0.214. The zero-order valence-corrected chi connectivity index (χ0v) is 9.89. The van der Waals surface area contributed by atoms with E-state index in [-0.39, 0.29) is 11.0 Å². The Morgan fingerprint density at radius 1 is 1.35 bits per heavy atom. The molecule has 0 aliphatic heterocycles. The minimum Gasteiger partial charge on any atom is -0.429 e. The fourth-order valence-corrected chi connectivity index (χ4v) is 1.95. The van der Waals surface area contributed by atoms with E-state index >= 15 is 0 Å². The Bertz CT molecular complexity index is 517. The van der Waals surface area contributed by atoms with Crippen LogP contribution in [-0.4, -0.2) is 13.1 Å². The highest BCUT2D eigenvalue weighted by atomic mass is 19.2. The molecule has 0 spiro atoms. The van der Waals surface area contributed by atoms with Crippen LogP contribution >= 0.6 is 0 Å². The van der Waals surface area contributed by atoms with Crippen molar-refractivity contribution in [1.82, 2.24) is 5.32 Å². The lowest BCUT2D eigenvalue weighted by Gasteiger charge is -2.13. The van der Waals surface area contributed by atoms with Crippen molar-refractivity contribution in [2.75, 3.05) is 7.05 Å². The molecule has 0 aliphatic carbocycles. The molecule has 0 radical (unpaired) electrons. The number of hydrogen-bond donors (Lipinski definition) is 1. The molecule has 0 saturated heterocycles. The van der Waals surface area contributed by atoms with Crippen molar-refractivity contribution < 1.29 is 13.2 Å². The third-order valence-corrected chi connectivity index (χ3v) is 3.04. The predicted octanol–water partition coefficient (Wildman–Crippen LogP) is 3.25. The fourth-order valence-electron chi connectivity index (χ4n) is 1.95. The molecule has 0 fully saturated rings. The van der Waals surface area contributed by atoms with Crippen LogP contribution < -0.4 is 5.32 Å². The van der Waals surface area contributed by atoms with Gasteiger partial charge in [0.2, 0.25) is 5.82 Å². The van der Waals surface area contributed by atoms with Crippen LogP contribution in [0.4, 0.5) is 8.78 Å². The lowest BCUT2D eigenvalue weighted by molar-refractivity contribution is 0.343. The van der Waals surface area contributed by atoms with Crippen LogP contribution in [0, 0.1) is 11.8 Å². The number of nitrogens with one attached hydrogen (secondary N) is 1. The quantitative estimate of drug-likeness (QED) is 0.886. The summed E-state index contributed by atoms with van der Waals surface area (Å²) in [7, 11) is 1.89. The fraction of sp³-hybridized carbons (Fsp3) is 0.385. The van der Waals surface area contributed by atoms with Gasteiger partial charge in [-0.25, -0.2) is 0 Å². The number of likely N-dealkylation sites (N-methyl/N-ethyl adjacent to an activating group) is 1. The van der Waals surface area contributed by atoms with Gasteiger partial charge >= 0.3 is 6.01 Å². The molecule has 1 N–H and O–H groups in total. The number of fused-ring (bicyclic) bond motifs is 1. The van der Waals surface area contributed by atoms with Gasteiger partial charge in [0.25, 0.3) is 0 Å². The molecule has 0 bridgehead atoms. The van der Waals surface area contributed by atoms with Crippen LogP contribution in [0.25, 0.3) is 11.0 Å². The Morgan fingerprint density at radius 2 is 2.12 bits per heavy atom. The molecular formula is C13H15F2NO. The molecular weight excluding hydrogens is 224 g/mol. The second-order valence-electron chi connectivity index (χ2n) is 4.12. The molecule has 2 rings (SSSR count). The first-order valence-electron chi connectivity index (χ1n) is 5.69. The molecule has 2 aromatic rings. The molecule has 92 valence electrons. The van der Waals surface area contributed by atoms with Gasteiger partial charge in [0, 0.05) is 6.04 Å². The van der Waals surface area contributed by atoms with E-state index < -0.39 is 11.8 Å². The van der Waals surface area contributed by atoms with Crippen LogP contribution in [0.5, 0.6) is 0 Å². The van der Waals surface area contributed by atoms with Crippen molar-refractivity contribution in [2.24, 2.45) is 0 Å². The van der Waals surface area contributed by atoms with E-state index in [1.807, 2.05) is 13.1 Å². The maximum Gasteiger partial charge on any atom is 0.315 e. The van der Waals surface area contributed by atoms with Crippen molar-refractivity contribution in [2.45, 2.75) is 25.8 Å². The van der Waals surface area contributed by atoms with E-state index in [1.165, 1.54) is 0 Å². The Hall–Kier alpha value is -1.42. The molecule has 1 aromatic carbocycles. The molecule has 1 aromatic heterocycles. The molecule has 17 heavy (non-hydrogen) atoms. The SMILES string of the molecule is CCC(Cc1ccc2oc(F)c(F)c2c1)NC. The van der Waals surface area contributed by atoms with Gasteiger partial charge in [-0.05, 0) is 37.6 Å². The summed E-state index contributed by atoms with van der Waals surface area (Å²) in [5.74, 6) is -0.903. The monoisotopic (exact) mass is 239 g/mol. The van der Waals surface area contributed by atoms with Crippen LogP contribution in [0.3, 0.4) is 0 Å². The highest BCUT2D eigenvalue weighted by molar-refractivity contribution is 5.78. The van der Waals surface area contributed by atoms with Crippen molar-refractivity contribution in [3.8, 4) is 0 Å². The molecule has 1 heterocycles. The maximum absolute atomic E-state index is 13.4. The molecule has 0 saturated carbocycles. The van der Waals surface area contributed by atoms with Crippen molar-refractivity contribution >= 4 is 11.0 Å². The standard InChI is InChI=1S/C13H15F2NO/c1-3-9(16-2)6-8-4-5-11-10(7-8)12(14)13(15)17-11/h4-5,7,9,16H,3,6H2,1-2H3. The van der Waals surface area contributed by atoms with Gasteiger partial charge in [-0.15, -0.1) is 0 Å². The van der Waals surface area contributed by atoms with Gasteiger partial charge in [-0.1, -0.05) is 13.0 Å². The second kappa shape index (κ2) is 4.84. The van der Waals surface area contributed by atoms with Gasteiger partial charge in [-0.2, -0.15) is 8.78 Å². The summed E-state index contributed by atoms with van der Waals surface area (Å²) < 4.78 is 30.9. The topological polar surface area (TPSA) is 25.2 Å². The second-order valence-corrected chi connectivity index (χ2v) is 4.12. The maximum atomic E-state index is 13.4. The van der Waals surface area contributed by atoms with Crippen LogP contribution in [0.2, 0.25) is 0 Å². The Morgan fingerprint density at radius 3 is 2.76 bits per heavy atom. The van der Waals surface area contributed by atoms with Crippen LogP contribution in [0.15, 0.2) is 22.6 Å². The highest BCUT2D eigenvalue weighted by Gasteiger charge is 2.14. The largest absolute Gasteiger partial charge is 0.429 e. The Kier molecular flexibility index (Phi) is 3.43. The molecule has 1 unspecified atom stereocenters. The van der Waals surface area contributed by atoms with Crippen molar-refractivity contribution in [3.05, 3.63) is 35.6 Å². The molecule has 2 nitrogen and oxygen atoms in total. The molecule has 1 atom stereocenters. The molecule has 0 amide bonds. The van der Waals surface area contributed by atoms with E-state index in [4.69, 9.17) is 0 Å². The smallest absolute Gasteiger partial charge is 0.315 e. The third-order valence-electron chi connectivity index (χ3n) is 3.04. The minimum atomic E-state index is -1.14. The van der Waals surface area contributed by atoms with Crippen LogP contribution in [0.1, 0.15) is 18.9 Å². The lowest BCUT2D eigenvalue weighted by Crippen LogP contribution is -2.26. The van der Waals surface area contributed by atoms with Crippen LogP contribution in [-0.2, 0) is 6.42 Å². The number of benzene rings is 1. The number of halogens is 2. The Labute approximate surface area is 98.6 Å². The Balaban J connectivity index is 2.33. The van der Waals surface area contributed by atoms with Gasteiger partial charge in [-0.3, -0.25) is 0 Å². The van der Waals surface area contributed by atoms with Crippen molar-refractivity contribution in [3.63, 3.8) is 0 Å². The van der Waals surface area contributed by atoms with E-state index in [0.29, 0.717) is 6.04 Å². The molecule has 0 aliphatic rings. The van der Waals surface area contributed by atoms with Gasteiger partial charge < -0.3 is 9.73 Å². The van der Waals surface area contributed by atoms with E-state index in [2.05, 4.69) is 16.7 Å². The predicted molar refractivity (Wildman–Crippen MR) is 63.0 cm³/mol. The summed E-state index contributed by atoms with van der Waals surface area (Å²) in [6.07, 6.45) is 1.77. The summed E-state index contributed by atoms with van der Waals surface area (Å²) in [5, 5.41) is 3.39. The summed E-state index contributed by atoms with van der Waals surface area (Å²) in [6, 6.07) is 4.30. The number of hydrogen-bond acceptors (Lipinski definition) is 2. The summed E-state index contributed by atoms with van der Waals surface area (Å²) in [6.45, 7) is 2.08. The lowest BCUT2D eigenvalue weighted by atomic mass is 10.0. The summed E-state index contributed by atoms with van der Waals surface area (Å²) >= 11 is 0. The van der Waals surface area contributed by atoms with Gasteiger partial charge in [0.1, 0.15) is 5.58 Å². The normalized spacial score (nSPS) is 13.2. The summed E-state index contributed by atoms with van der Waals surface area (Å²) in [4.78, 5) is 0. The first-order chi connectivity index (χ1) is 8.15. The third kappa shape index (κ3) is 2.31. The zero-order chi connectivity index (χ0) is 12.4. The first-order valence-corrected chi connectivity index (χ1v) is 5.69.